The van der Waals surface area contributed by atoms with Gasteiger partial charge in [0.15, 0.2) is 11.6 Å². The smallest absolute Gasteiger partial charge is 0.330 e. The highest BCUT2D eigenvalue weighted by Crippen LogP contribution is 2.26. The Morgan fingerprint density at radius 3 is 2.87 bits per heavy atom. The fraction of sp³-hybridized carbons (Fsp3) is 0.100. The summed E-state index contributed by atoms with van der Waals surface area (Å²) in [5.41, 5.74) is 0.116. The Kier molecular flexibility index (Phi) is 3.68. The largest absolute Gasteiger partial charge is 0.504 e. The molecule has 0 heterocycles. The summed E-state index contributed by atoms with van der Waals surface area (Å²) in [6, 6.07) is 2.31. The van der Waals surface area contributed by atoms with Crippen LogP contribution in [0.4, 0.5) is 4.39 Å². The second-order valence-electron chi connectivity index (χ2n) is 2.68. The topological polar surface area (TPSA) is 46.5 Å². The van der Waals surface area contributed by atoms with Crippen molar-refractivity contribution in [2.24, 2.45) is 0 Å². The van der Waals surface area contributed by atoms with Crippen LogP contribution in [0.25, 0.3) is 6.08 Å². The summed E-state index contributed by atoms with van der Waals surface area (Å²) >= 11 is 5.57. The number of ether oxygens (including phenoxy) is 1. The molecule has 0 spiro atoms. The molecule has 0 aliphatic rings. The maximum atomic E-state index is 13.0. The zero-order chi connectivity index (χ0) is 11.4. The van der Waals surface area contributed by atoms with Gasteiger partial charge in [-0.2, -0.15) is 0 Å². The molecule has 0 bridgehead atoms. The molecule has 0 fully saturated rings. The highest BCUT2D eigenvalue weighted by molar-refractivity contribution is 6.30. The van der Waals surface area contributed by atoms with Crippen LogP contribution in [0.5, 0.6) is 5.75 Å². The van der Waals surface area contributed by atoms with E-state index in [0.29, 0.717) is 0 Å². The number of phenolic OH excluding ortho intramolecular Hbond substituents is 1. The van der Waals surface area contributed by atoms with Crippen molar-refractivity contribution in [1.29, 1.82) is 0 Å². The summed E-state index contributed by atoms with van der Waals surface area (Å²) in [6.07, 6.45) is 2.28. The molecule has 0 unspecified atom stereocenters. The molecule has 1 rings (SSSR count). The Morgan fingerprint density at radius 2 is 2.27 bits per heavy atom. The lowest BCUT2D eigenvalue weighted by atomic mass is 10.2. The number of carbonyl (C=O) groups excluding carboxylic acids is 1. The molecule has 80 valence electrons. The van der Waals surface area contributed by atoms with E-state index in [2.05, 4.69) is 4.74 Å². The van der Waals surface area contributed by atoms with Crippen molar-refractivity contribution >= 4 is 23.6 Å². The maximum absolute atomic E-state index is 13.0. The molecule has 0 radical (unpaired) electrons. The molecule has 0 saturated heterocycles. The van der Waals surface area contributed by atoms with Crippen LogP contribution in [0.15, 0.2) is 18.2 Å². The molecular weight excluding hydrogens is 223 g/mol. The first-order valence-electron chi connectivity index (χ1n) is 3.98. The monoisotopic (exact) mass is 230 g/mol. The molecule has 1 N–H and O–H groups in total. The number of benzene rings is 1. The Bertz CT molecular complexity index is 415. The fourth-order valence-electron chi connectivity index (χ4n) is 0.939. The first-order chi connectivity index (χ1) is 7.04. The molecule has 0 amide bonds. The first-order valence-corrected chi connectivity index (χ1v) is 4.36. The average Bonchev–Trinajstić information content (AvgIpc) is 2.20. The van der Waals surface area contributed by atoms with Crippen molar-refractivity contribution in [3.05, 3.63) is 34.6 Å². The highest BCUT2D eigenvalue weighted by atomic mass is 35.5. The van der Waals surface area contributed by atoms with Gasteiger partial charge in [0.25, 0.3) is 0 Å². The summed E-state index contributed by atoms with van der Waals surface area (Å²) in [5.74, 6) is -2.00. The lowest BCUT2D eigenvalue weighted by Gasteiger charge is -2.01. The van der Waals surface area contributed by atoms with E-state index in [-0.39, 0.29) is 10.6 Å². The van der Waals surface area contributed by atoms with E-state index in [1.807, 2.05) is 0 Å². The zero-order valence-corrected chi connectivity index (χ0v) is 8.58. The Morgan fingerprint density at radius 1 is 1.60 bits per heavy atom. The van der Waals surface area contributed by atoms with Crippen LogP contribution in [0, 0.1) is 5.82 Å². The van der Waals surface area contributed by atoms with Gasteiger partial charge in [-0.3, -0.25) is 0 Å². The van der Waals surface area contributed by atoms with E-state index in [1.165, 1.54) is 19.3 Å². The van der Waals surface area contributed by atoms with Gasteiger partial charge in [0.1, 0.15) is 0 Å². The second kappa shape index (κ2) is 4.79. The van der Waals surface area contributed by atoms with Gasteiger partial charge in [-0.25, -0.2) is 9.18 Å². The van der Waals surface area contributed by atoms with Gasteiger partial charge in [0.2, 0.25) is 0 Å². The molecule has 0 aliphatic heterocycles. The molecule has 1 aromatic rings. The molecule has 3 nitrogen and oxygen atoms in total. The number of rotatable bonds is 2. The van der Waals surface area contributed by atoms with E-state index in [1.54, 1.807) is 0 Å². The Labute approximate surface area is 90.7 Å². The van der Waals surface area contributed by atoms with E-state index < -0.39 is 17.5 Å². The van der Waals surface area contributed by atoms with E-state index in [0.717, 1.165) is 12.1 Å². The molecule has 1 aromatic carbocycles. The summed E-state index contributed by atoms with van der Waals surface area (Å²) in [4.78, 5) is 10.7. The van der Waals surface area contributed by atoms with Gasteiger partial charge in [0.05, 0.1) is 7.11 Å². The number of aromatic hydroxyl groups is 1. The number of phenols is 1. The second-order valence-corrected chi connectivity index (χ2v) is 3.12. The number of hydrogen-bond acceptors (Lipinski definition) is 3. The van der Waals surface area contributed by atoms with Gasteiger partial charge >= 0.3 is 5.97 Å². The number of hydrogen-bond donors (Lipinski definition) is 1. The standard InChI is InChI=1S/C10H8ClFO3/c1-15-9(13)3-2-6-4-7(11)5-8(12)10(6)14/h2-5,14H,1H3. The van der Waals surface area contributed by atoms with Crippen LogP contribution in [-0.2, 0) is 9.53 Å². The van der Waals surface area contributed by atoms with E-state index in [9.17, 15) is 14.3 Å². The summed E-state index contributed by atoms with van der Waals surface area (Å²) < 4.78 is 17.3. The third-order valence-electron chi connectivity index (χ3n) is 1.66. The van der Waals surface area contributed by atoms with Crippen LogP contribution >= 0.6 is 11.6 Å². The normalized spacial score (nSPS) is 10.6. The van der Waals surface area contributed by atoms with Crippen LogP contribution < -0.4 is 0 Å². The minimum absolute atomic E-state index is 0.116. The van der Waals surface area contributed by atoms with Gasteiger partial charge in [-0.05, 0) is 18.2 Å². The van der Waals surface area contributed by atoms with Crippen molar-refractivity contribution in [3.8, 4) is 5.75 Å². The SMILES string of the molecule is COC(=O)C=Cc1cc(Cl)cc(F)c1O. The molecule has 0 saturated carbocycles. The van der Waals surface area contributed by atoms with Crippen LogP contribution in [0.3, 0.4) is 0 Å². The molecule has 15 heavy (non-hydrogen) atoms. The fourth-order valence-corrected chi connectivity index (χ4v) is 1.15. The van der Waals surface area contributed by atoms with Gasteiger partial charge < -0.3 is 9.84 Å². The molecule has 5 heteroatoms. The van der Waals surface area contributed by atoms with Gasteiger partial charge in [-0.1, -0.05) is 11.6 Å². The minimum atomic E-state index is -0.841. The van der Waals surface area contributed by atoms with Crippen molar-refractivity contribution in [2.45, 2.75) is 0 Å². The van der Waals surface area contributed by atoms with Crippen molar-refractivity contribution in [1.82, 2.24) is 0 Å². The number of carbonyl (C=O) groups is 1. The number of esters is 1. The van der Waals surface area contributed by atoms with E-state index >= 15 is 0 Å². The number of halogens is 2. The maximum Gasteiger partial charge on any atom is 0.330 e. The van der Waals surface area contributed by atoms with Crippen molar-refractivity contribution < 1.29 is 19.0 Å². The Hall–Kier alpha value is -1.55. The lowest BCUT2D eigenvalue weighted by Crippen LogP contribution is -1.93. The van der Waals surface area contributed by atoms with Crippen LogP contribution in [-0.4, -0.2) is 18.2 Å². The van der Waals surface area contributed by atoms with Gasteiger partial charge in [0, 0.05) is 16.7 Å². The van der Waals surface area contributed by atoms with Gasteiger partial charge in [-0.15, -0.1) is 0 Å². The Balaban J connectivity index is 3.04. The molecular formula is C10H8ClFO3. The predicted molar refractivity (Wildman–Crippen MR) is 54.1 cm³/mol. The minimum Gasteiger partial charge on any atom is -0.504 e. The van der Waals surface area contributed by atoms with Crippen molar-refractivity contribution in [3.63, 3.8) is 0 Å². The average molecular weight is 231 g/mol. The molecule has 0 atom stereocenters. The van der Waals surface area contributed by atoms with Crippen LogP contribution in [0.2, 0.25) is 5.02 Å². The lowest BCUT2D eigenvalue weighted by molar-refractivity contribution is -0.134. The molecule has 0 aliphatic carbocycles. The number of methoxy groups -OCH3 is 1. The summed E-state index contributed by atoms with van der Waals surface area (Å²) in [7, 11) is 1.21. The highest BCUT2D eigenvalue weighted by Gasteiger charge is 2.07. The van der Waals surface area contributed by atoms with Crippen LogP contribution in [0.1, 0.15) is 5.56 Å². The summed E-state index contributed by atoms with van der Waals surface area (Å²) in [5, 5.41) is 9.40. The van der Waals surface area contributed by atoms with E-state index in [4.69, 9.17) is 11.6 Å². The third-order valence-corrected chi connectivity index (χ3v) is 1.88. The summed E-state index contributed by atoms with van der Waals surface area (Å²) in [6.45, 7) is 0. The quantitative estimate of drug-likeness (QED) is 0.627. The zero-order valence-electron chi connectivity index (χ0n) is 7.83. The van der Waals surface area contributed by atoms with Crippen molar-refractivity contribution in [2.75, 3.05) is 7.11 Å². The molecule has 0 aromatic heterocycles. The third kappa shape index (κ3) is 2.95. The predicted octanol–water partition coefficient (Wildman–Crippen LogP) is 2.37. The first kappa shape index (κ1) is 11.5.